The van der Waals surface area contributed by atoms with Crippen LogP contribution in [0.1, 0.15) is 23.7 Å². The molecule has 1 amide bonds. The Hall–Kier alpha value is -1.44. The van der Waals surface area contributed by atoms with Crippen molar-refractivity contribution in [3.05, 3.63) is 28.8 Å². The van der Waals surface area contributed by atoms with Crippen molar-refractivity contribution in [2.45, 2.75) is 18.6 Å². The van der Waals surface area contributed by atoms with E-state index in [1.807, 2.05) is 0 Å². The van der Waals surface area contributed by atoms with Gasteiger partial charge in [-0.05, 0) is 25.1 Å². The molecular formula is C12H13ClN2O4S. The van der Waals surface area contributed by atoms with Gasteiger partial charge < -0.3 is 4.90 Å². The largest absolute Gasteiger partial charge is 0.310 e. The summed E-state index contributed by atoms with van der Waals surface area (Å²) in [5, 5.41) is 4.39. The molecule has 1 fully saturated rings. The van der Waals surface area contributed by atoms with Crippen molar-refractivity contribution >= 4 is 39.0 Å². The minimum absolute atomic E-state index is 0.0568. The lowest BCUT2D eigenvalue weighted by Gasteiger charge is -2.18. The van der Waals surface area contributed by atoms with Gasteiger partial charge in [-0.3, -0.25) is 9.59 Å². The first kappa shape index (κ1) is 15.0. The normalized spacial score (nSPS) is 19.4. The molecule has 0 radical (unpaired) electrons. The predicted octanol–water partition coefficient (Wildman–Crippen LogP) is 0.936. The maximum absolute atomic E-state index is 11.9. The number of nitrogens with zero attached hydrogens (tertiary/aromatic N) is 1. The average Bonchev–Trinajstić information content (AvgIpc) is 2.71. The third-order valence-corrected chi connectivity index (χ3v) is 4.76. The average molecular weight is 317 g/mol. The lowest BCUT2D eigenvalue weighted by atomic mass is 10.1. The van der Waals surface area contributed by atoms with E-state index >= 15 is 0 Å². The second-order valence-electron chi connectivity index (χ2n) is 4.64. The zero-order valence-electron chi connectivity index (χ0n) is 10.7. The number of primary sulfonamides is 1. The number of rotatable bonds is 3. The number of ketones is 1. The highest BCUT2D eigenvalue weighted by Gasteiger charge is 2.37. The first-order valence-corrected chi connectivity index (χ1v) is 7.81. The third-order valence-electron chi connectivity index (χ3n) is 3.20. The van der Waals surface area contributed by atoms with E-state index in [9.17, 15) is 18.0 Å². The summed E-state index contributed by atoms with van der Waals surface area (Å²) < 4.78 is 22.7. The fourth-order valence-corrected chi connectivity index (χ4v) is 3.02. The maximum atomic E-state index is 11.9. The number of hydrogen-bond acceptors (Lipinski definition) is 4. The second kappa shape index (κ2) is 5.16. The molecule has 0 aromatic heterocycles. The van der Waals surface area contributed by atoms with Gasteiger partial charge in [0.1, 0.15) is 5.25 Å². The molecule has 6 nitrogen and oxygen atoms in total. The van der Waals surface area contributed by atoms with Gasteiger partial charge in [0, 0.05) is 18.5 Å². The van der Waals surface area contributed by atoms with E-state index in [4.69, 9.17) is 16.7 Å². The Morgan fingerprint density at radius 1 is 1.45 bits per heavy atom. The molecule has 2 rings (SSSR count). The smallest absolute Gasteiger partial charge is 0.228 e. The Morgan fingerprint density at radius 3 is 2.60 bits per heavy atom. The zero-order chi connectivity index (χ0) is 15.1. The van der Waals surface area contributed by atoms with Gasteiger partial charge in [0.25, 0.3) is 0 Å². The lowest BCUT2D eigenvalue weighted by molar-refractivity contribution is -0.117. The van der Waals surface area contributed by atoms with Crippen LogP contribution in [0.25, 0.3) is 0 Å². The fraction of sp³-hybridized carbons (Fsp3) is 0.333. The van der Waals surface area contributed by atoms with Crippen LogP contribution >= 0.6 is 11.6 Å². The van der Waals surface area contributed by atoms with Crippen molar-refractivity contribution in [3.63, 3.8) is 0 Å². The first-order valence-electron chi connectivity index (χ1n) is 5.82. The Bertz CT molecular complexity index is 687. The summed E-state index contributed by atoms with van der Waals surface area (Å²) >= 11 is 6.02. The summed E-state index contributed by atoms with van der Waals surface area (Å²) in [5.41, 5.74) is 0.728. The molecule has 1 heterocycles. The van der Waals surface area contributed by atoms with Crippen molar-refractivity contribution < 1.29 is 18.0 Å². The predicted molar refractivity (Wildman–Crippen MR) is 75.3 cm³/mol. The Labute approximate surface area is 121 Å². The van der Waals surface area contributed by atoms with Crippen molar-refractivity contribution in [2.24, 2.45) is 5.14 Å². The molecule has 1 atom stereocenters. The van der Waals surface area contributed by atoms with Crippen molar-refractivity contribution in [1.29, 1.82) is 0 Å². The summed E-state index contributed by atoms with van der Waals surface area (Å²) in [4.78, 5) is 24.5. The highest BCUT2D eigenvalue weighted by molar-refractivity contribution is 7.89. The minimum Gasteiger partial charge on any atom is -0.310 e. The van der Waals surface area contributed by atoms with Gasteiger partial charge in [0.2, 0.25) is 15.9 Å². The van der Waals surface area contributed by atoms with Crippen LogP contribution < -0.4 is 10.0 Å². The molecule has 0 aliphatic carbocycles. The van der Waals surface area contributed by atoms with Gasteiger partial charge in [0.05, 0.1) is 10.7 Å². The summed E-state index contributed by atoms with van der Waals surface area (Å²) in [7, 11) is -3.79. The maximum Gasteiger partial charge on any atom is 0.228 e. The number of Topliss-reactive ketones (excluding diaryl/α,β-unsaturated/α-hetero) is 1. The van der Waals surface area contributed by atoms with Gasteiger partial charge in [0.15, 0.2) is 5.78 Å². The highest BCUT2D eigenvalue weighted by atomic mass is 35.5. The quantitative estimate of drug-likeness (QED) is 0.839. The van der Waals surface area contributed by atoms with Crippen LogP contribution in [0, 0.1) is 0 Å². The summed E-state index contributed by atoms with van der Waals surface area (Å²) in [6, 6.07) is 4.53. The van der Waals surface area contributed by atoms with Crippen LogP contribution in [0.2, 0.25) is 5.02 Å². The van der Waals surface area contributed by atoms with E-state index in [-0.39, 0.29) is 29.7 Å². The van der Waals surface area contributed by atoms with Gasteiger partial charge in [-0.2, -0.15) is 0 Å². The molecule has 0 bridgehead atoms. The van der Waals surface area contributed by atoms with Crippen LogP contribution in [0.15, 0.2) is 18.2 Å². The molecule has 1 aliphatic heterocycles. The number of amides is 1. The highest BCUT2D eigenvalue weighted by Crippen LogP contribution is 2.31. The monoisotopic (exact) mass is 316 g/mol. The first-order chi connectivity index (χ1) is 9.20. The zero-order valence-corrected chi connectivity index (χ0v) is 12.2. The van der Waals surface area contributed by atoms with E-state index in [2.05, 4.69) is 0 Å². The number of carbonyl (C=O) groups excluding carboxylic acids is 2. The number of halogens is 1. The van der Waals surface area contributed by atoms with Gasteiger partial charge in [-0.25, -0.2) is 13.6 Å². The number of sulfonamides is 1. The van der Waals surface area contributed by atoms with E-state index in [1.54, 1.807) is 6.07 Å². The lowest BCUT2D eigenvalue weighted by Crippen LogP contribution is -2.32. The van der Waals surface area contributed by atoms with Gasteiger partial charge in [-0.1, -0.05) is 11.6 Å². The van der Waals surface area contributed by atoms with Gasteiger partial charge >= 0.3 is 0 Å². The number of anilines is 1. The van der Waals surface area contributed by atoms with E-state index in [1.165, 1.54) is 24.0 Å². The topological polar surface area (TPSA) is 97.5 Å². The summed E-state index contributed by atoms with van der Waals surface area (Å²) in [6.07, 6.45) is -0.181. The van der Waals surface area contributed by atoms with E-state index in [0.29, 0.717) is 11.3 Å². The molecule has 2 N–H and O–H groups in total. The summed E-state index contributed by atoms with van der Waals surface area (Å²) in [6.45, 7) is 1.34. The van der Waals surface area contributed by atoms with Crippen LogP contribution in [-0.2, 0) is 14.8 Å². The van der Waals surface area contributed by atoms with Crippen LogP contribution in [0.4, 0.5) is 5.69 Å². The van der Waals surface area contributed by atoms with Crippen molar-refractivity contribution in [3.8, 4) is 0 Å². The Morgan fingerprint density at radius 2 is 2.10 bits per heavy atom. The molecular weight excluding hydrogens is 304 g/mol. The minimum atomic E-state index is -3.79. The van der Waals surface area contributed by atoms with Crippen LogP contribution in [-0.4, -0.2) is 31.9 Å². The molecule has 20 heavy (non-hydrogen) atoms. The second-order valence-corrected chi connectivity index (χ2v) is 6.89. The standard InChI is InChI=1S/C12H13ClN2O4S/c1-7(16)8-2-3-10(13)11(4-8)15-6-9(5-12(15)17)20(14,18)19/h2-4,9H,5-6H2,1H3,(H2,14,18,19). The molecule has 1 aromatic rings. The Kier molecular flexibility index (Phi) is 3.86. The Balaban J connectivity index is 2.40. The molecule has 0 spiro atoms. The van der Waals surface area contributed by atoms with Gasteiger partial charge in [-0.15, -0.1) is 0 Å². The fourth-order valence-electron chi connectivity index (χ4n) is 2.07. The number of benzene rings is 1. The van der Waals surface area contributed by atoms with Crippen LogP contribution in [0.3, 0.4) is 0 Å². The molecule has 108 valence electrons. The molecule has 1 unspecified atom stereocenters. The third kappa shape index (κ3) is 2.84. The molecule has 1 saturated heterocycles. The van der Waals surface area contributed by atoms with Crippen LogP contribution in [0.5, 0.6) is 0 Å². The van der Waals surface area contributed by atoms with E-state index < -0.39 is 15.3 Å². The number of nitrogens with two attached hydrogens (primary N) is 1. The van der Waals surface area contributed by atoms with Crippen molar-refractivity contribution in [2.75, 3.05) is 11.4 Å². The molecule has 1 aromatic carbocycles. The SMILES string of the molecule is CC(=O)c1ccc(Cl)c(N2CC(S(N)(=O)=O)CC2=O)c1. The molecule has 1 aliphatic rings. The summed E-state index contributed by atoms with van der Waals surface area (Å²) in [5.74, 6) is -0.552. The van der Waals surface area contributed by atoms with Crippen molar-refractivity contribution in [1.82, 2.24) is 0 Å². The molecule has 8 heteroatoms. The van der Waals surface area contributed by atoms with E-state index in [0.717, 1.165) is 0 Å². The number of carbonyl (C=O) groups is 2. The molecule has 0 saturated carbocycles. The number of hydrogen-bond donors (Lipinski definition) is 1.